The van der Waals surface area contributed by atoms with Crippen LogP contribution in [-0.2, 0) is 6.18 Å². The number of nitrogens with one attached hydrogen (secondary N) is 2. The Bertz CT molecular complexity index is 995. The number of alkyl halides is 3. The summed E-state index contributed by atoms with van der Waals surface area (Å²) in [6.45, 7) is 0. The highest BCUT2D eigenvalue weighted by Gasteiger charge is 2.30. The molecular formula is C18H12F3N3O2. The molecule has 8 heteroatoms. The van der Waals surface area contributed by atoms with Crippen LogP contribution in [0.5, 0.6) is 0 Å². The molecule has 26 heavy (non-hydrogen) atoms. The van der Waals surface area contributed by atoms with Crippen LogP contribution in [-0.4, -0.2) is 15.9 Å². The van der Waals surface area contributed by atoms with Crippen LogP contribution < -0.4 is 10.9 Å². The number of carbonyl (C=O) groups is 1. The molecule has 0 saturated heterocycles. The van der Waals surface area contributed by atoms with Crippen LogP contribution in [0.25, 0.3) is 11.3 Å². The van der Waals surface area contributed by atoms with E-state index in [1.165, 1.54) is 42.6 Å². The zero-order chi connectivity index (χ0) is 18.7. The van der Waals surface area contributed by atoms with Gasteiger partial charge in [0.2, 0.25) is 5.56 Å². The third kappa shape index (κ3) is 3.97. The van der Waals surface area contributed by atoms with Gasteiger partial charge in [-0.25, -0.2) is 0 Å². The second-order valence-corrected chi connectivity index (χ2v) is 5.40. The van der Waals surface area contributed by atoms with E-state index >= 15 is 0 Å². The van der Waals surface area contributed by atoms with Crippen LogP contribution in [0.15, 0.2) is 65.7 Å². The molecule has 0 spiro atoms. The summed E-state index contributed by atoms with van der Waals surface area (Å²) in [6, 6.07) is 10.6. The van der Waals surface area contributed by atoms with Gasteiger partial charge in [-0.05, 0) is 30.3 Å². The maximum Gasteiger partial charge on any atom is 0.416 e. The lowest BCUT2D eigenvalue weighted by Crippen LogP contribution is -2.14. The summed E-state index contributed by atoms with van der Waals surface area (Å²) < 4.78 is 38.4. The normalized spacial score (nSPS) is 11.2. The molecule has 0 aliphatic rings. The van der Waals surface area contributed by atoms with Crippen molar-refractivity contribution in [1.82, 2.24) is 9.97 Å². The number of carbonyl (C=O) groups excluding carboxylic acids is 1. The molecule has 0 fully saturated rings. The molecule has 0 saturated carbocycles. The van der Waals surface area contributed by atoms with Crippen molar-refractivity contribution in [2.45, 2.75) is 6.18 Å². The van der Waals surface area contributed by atoms with E-state index < -0.39 is 17.6 Å². The number of aromatic nitrogens is 2. The predicted molar refractivity (Wildman–Crippen MR) is 89.7 cm³/mol. The lowest BCUT2D eigenvalue weighted by molar-refractivity contribution is -0.137. The van der Waals surface area contributed by atoms with Crippen molar-refractivity contribution in [1.29, 1.82) is 0 Å². The number of H-pyrrole nitrogens is 1. The number of benzene rings is 1. The van der Waals surface area contributed by atoms with E-state index in [4.69, 9.17) is 0 Å². The number of nitrogens with zero attached hydrogens (tertiary/aromatic N) is 1. The number of halogens is 3. The van der Waals surface area contributed by atoms with Crippen molar-refractivity contribution in [3.8, 4) is 11.3 Å². The smallest absolute Gasteiger partial charge is 0.329 e. The largest absolute Gasteiger partial charge is 0.416 e. The van der Waals surface area contributed by atoms with Crippen LogP contribution >= 0.6 is 0 Å². The Hall–Kier alpha value is -3.42. The molecule has 3 rings (SSSR count). The average Bonchev–Trinajstić information content (AvgIpc) is 2.61. The molecule has 2 N–H and O–H groups in total. The van der Waals surface area contributed by atoms with Gasteiger partial charge >= 0.3 is 6.18 Å². The first-order valence-electron chi connectivity index (χ1n) is 7.47. The Morgan fingerprint density at radius 2 is 1.77 bits per heavy atom. The van der Waals surface area contributed by atoms with Gasteiger partial charge in [0.15, 0.2) is 0 Å². The molecule has 0 aliphatic heterocycles. The number of hydrogen-bond acceptors (Lipinski definition) is 3. The minimum Gasteiger partial charge on any atom is -0.329 e. The fourth-order valence-electron chi connectivity index (χ4n) is 2.28. The zero-order valence-electron chi connectivity index (χ0n) is 13.2. The van der Waals surface area contributed by atoms with E-state index in [1.807, 2.05) is 0 Å². The molecule has 0 radical (unpaired) electrons. The van der Waals surface area contributed by atoms with Crippen LogP contribution in [0.4, 0.5) is 18.9 Å². The Balaban J connectivity index is 1.80. The SMILES string of the molecule is O=C(Nc1cc[nH]c(=O)c1)c1ccc(-c2cc(C(F)(F)F)ccn2)cc1. The summed E-state index contributed by atoms with van der Waals surface area (Å²) in [5, 5.41) is 2.56. The summed E-state index contributed by atoms with van der Waals surface area (Å²) in [7, 11) is 0. The molecular weight excluding hydrogens is 347 g/mol. The molecule has 1 aromatic carbocycles. The van der Waals surface area contributed by atoms with Crippen LogP contribution in [0.3, 0.4) is 0 Å². The van der Waals surface area contributed by atoms with Crippen molar-refractivity contribution < 1.29 is 18.0 Å². The third-order valence-electron chi connectivity index (χ3n) is 3.56. The van der Waals surface area contributed by atoms with Gasteiger partial charge in [-0.15, -0.1) is 0 Å². The van der Waals surface area contributed by atoms with Gasteiger partial charge in [-0.3, -0.25) is 14.6 Å². The standard InChI is InChI=1S/C18H12F3N3O2/c19-18(20,21)13-5-7-22-15(9-13)11-1-3-12(4-2-11)17(26)24-14-6-8-23-16(25)10-14/h1-10H,(H2,23,24,25,26). The fraction of sp³-hybridized carbons (Fsp3) is 0.0556. The maximum absolute atomic E-state index is 12.8. The molecule has 5 nitrogen and oxygen atoms in total. The van der Waals surface area contributed by atoms with Crippen molar-refractivity contribution in [2.75, 3.05) is 5.32 Å². The van der Waals surface area contributed by atoms with Crippen LogP contribution in [0, 0.1) is 0 Å². The zero-order valence-corrected chi connectivity index (χ0v) is 13.2. The number of amides is 1. The Morgan fingerprint density at radius 1 is 1.04 bits per heavy atom. The maximum atomic E-state index is 12.8. The number of aromatic amines is 1. The van der Waals surface area contributed by atoms with Gasteiger partial charge in [-0.2, -0.15) is 13.2 Å². The van der Waals surface area contributed by atoms with Gasteiger partial charge in [0.05, 0.1) is 11.3 Å². The lowest BCUT2D eigenvalue weighted by Gasteiger charge is -2.09. The van der Waals surface area contributed by atoms with Gasteiger partial charge in [0.1, 0.15) is 0 Å². The van der Waals surface area contributed by atoms with E-state index in [9.17, 15) is 22.8 Å². The highest BCUT2D eigenvalue weighted by molar-refractivity contribution is 6.04. The van der Waals surface area contributed by atoms with Crippen LogP contribution in [0.2, 0.25) is 0 Å². The van der Waals surface area contributed by atoms with E-state index in [2.05, 4.69) is 15.3 Å². The minimum absolute atomic E-state index is 0.154. The van der Waals surface area contributed by atoms with Crippen LogP contribution in [0.1, 0.15) is 15.9 Å². The number of hydrogen-bond donors (Lipinski definition) is 2. The molecule has 0 atom stereocenters. The highest BCUT2D eigenvalue weighted by atomic mass is 19.4. The van der Waals surface area contributed by atoms with Gasteiger partial charge in [0, 0.05) is 35.3 Å². The van der Waals surface area contributed by atoms with E-state index in [1.54, 1.807) is 0 Å². The molecule has 0 aliphatic carbocycles. The summed E-state index contributed by atoms with van der Waals surface area (Å²) in [6.07, 6.45) is -1.96. The van der Waals surface area contributed by atoms with E-state index in [-0.39, 0.29) is 11.3 Å². The summed E-state index contributed by atoms with van der Waals surface area (Å²) in [5.41, 5.74) is 0.0842. The average molecular weight is 359 g/mol. The molecule has 2 heterocycles. The summed E-state index contributed by atoms with van der Waals surface area (Å²) in [5.74, 6) is -0.445. The van der Waals surface area contributed by atoms with Crippen molar-refractivity contribution in [3.63, 3.8) is 0 Å². The topological polar surface area (TPSA) is 74.8 Å². The fourth-order valence-corrected chi connectivity index (χ4v) is 2.28. The summed E-state index contributed by atoms with van der Waals surface area (Å²) >= 11 is 0. The molecule has 1 amide bonds. The second-order valence-electron chi connectivity index (χ2n) is 5.40. The molecule has 2 aromatic heterocycles. The monoisotopic (exact) mass is 359 g/mol. The minimum atomic E-state index is -4.45. The summed E-state index contributed by atoms with van der Waals surface area (Å²) in [4.78, 5) is 29.8. The van der Waals surface area contributed by atoms with E-state index in [0.717, 1.165) is 18.3 Å². The van der Waals surface area contributed by atoms with E-state index in [0.29, 0.717) is 16.8 Å². The first-order chi connectivity index (χ1) is 12.3. The highest BCUT2D eigenvalue weighted by Crippen LogP contribution is 2.31. The predicted octanol–water partition coefficient (Wildman–Crippen LogP) is 3.71. The van der Waals surface area contributed by atoms with Crippen molar-refractivity contribution >= 4 is 11.6 Å². The lowest BCUT2D eigenvalue weighted by atomic mass is 10.1. The molecule has 0 unspecified atom stereocenters. The second kappa shape index (κ2) is 6.83. The van der Waals surface area contributed by atoms with Crippen molar-refractivity contribution in [2.24, 2.45) is 0 Å². The first kappa shape index (κ1) is 17.4. The quantitative estimate of drug-likeness (QED) is 0.749. The number of pyridine rings is 2. The molecule has 3 aromatic rings. The van der Waals surface area contributed by atoms with Crippen molar-refractivity contribution in [3.05, 3.63) is 82.4 Å². The Labute approximate surface area is 145 Å². The molecule has 0 bridgehead atoms. The number of rotatable bonds is 3. The van der Waals surface area contributed by atoms with Gasteiger partial charge in [0.25, 0.3) is 5.91 Å². The Kier molecular flexibility index (Phi) is 4.57. The Morgan fingerprint density at radius 3 is 2.42 bits per heavy atom. The van der Waals surface area contributed by atoms with Gasteiger partial charge < -0.3 is 10.3 Å². The first-order valence-corrected chi connectivity index (χ1v) is 7.47. The third-order valence-corrected chi connectivity index (χ3v) is 3.56. The number of anilines is 1. The molecule has 132 valence electrons. The van der Waals surface area contributed by atoms with Gasteiger partial charge in [-0.1, -0.05) is 12.1 Å².